The summed E-state index contributed by atoms with van der Waals surface area (Å²) in [7, 11) is 0. The smallest absolute Gasteiger partial charge is 0.0904 e. The molecule has 102 valence electrons. The number of aryl methyl sites for hydroxylation is 1. The van der Waals surface area contributed by atoms with Crippen molar-refractivity contribution in [3.8, 4) is 11.3 Å². The summed E-state index contributed by atoms with van der Waals surface area (Å²) in [6, 6.07) is 5.99. The van der Waals surface area contributed by atoms with E-state index in [1.54, 1.807) is 11.3 Å². The summed E-state index contributed by atoms with van der Waals surface area (Å²) >= 11 is 7.98. The molecule has 0 aliphatic rings. The van der Waals surface area contributed by atoms with Crippen LogP contribution >= 0.6 is 22.9 Å². The van der Waals surface area contributed by atoms with Crippen LogP contribution in [0.4, 0.5) is 0 Å². The Balaban J connectivity index is 2.53. The first-order valence-corrected chi connectivity index (χ1v) is 7.67. The quantitative estimate of drug-likeness (QED) is 0.899. The molecule has 0 aliphatic heterocycles. The second-order valence-electron chi connectivity index (χ2n) is 4.84. The van der Waals surface area contributed by atoms with E-state index in [2.05, 4.69) is 13.0 Å². The van der Waals surface area contributed by atoms with Crippen LogP contribution in [0.2, 0.25) is 5.02 Å². The molecule has 1 unspecified atom stereocenters. The van der Waals surface area contributed by atoms with Gasteiger partial charge in [-0.05, 0) is 44.4 Å². The number of halogens is 1. The van der Waals surface area contributed by atoms with Crippen molar-refractivity contribution in [1.82, 2.24) is 4.98 Å². The van der Waals surface area contributed by atoms with Crippen LogP contribution in [0.1, 0.15) is 34.7 Å². The van der Waals surface area contributed by atoms with E-state index in [0.29, 0.717) is 12.5 Å². The third kappa shape index (κ3) is 2.99. The zero-order valence-corrected chi connectivity index (χ0v) is 13.1. The first-order valence-electron chi connectivity index (χ1n) is 6.47. The summed E-state index contributed by atoms with van der Waals surface area (Å²) in [5, 5.41) is 1.88. The molecule has 2 rings (SSSR count). The average Bonchev–Trinajstić information content (AvgIpc) is 2.75. The van der Waals surface area contributed by atoms with Crippen LogP contribution in [0.3, 0.4) is 0 Å². The number of hydrogen-bond donors (Lipinski definition) is 1. The van der Waals surface area contributed by atoms with Gasteiger partial charge in [0.05, 0.1) is 10.7 Å². The number of aromatic nitrogens is 1. The van der Waals surface area contributed by atoms with E-state index in [1.807, 2.05) is 26.0 Å². The summed E-state index contributed by atoms with van der Waals surface area (Å²) in [5.41, 5.74) is 8.98. The van der Waals surface area contributed by atoms with E-state index in [4.69, 9.17) is 22.3 Å². The van der Waals surface area contributed by atoms with Crippen molar-refractivity contribution in [2.75, 3.05) is 6.54 Å². The highest BCUT2D eigenvalue weighted by Crippen LogP contribution is 2.37. The molecule has 2 nitrogen and oxygen atoms in total. The van der Waals surface area contributed by atoms with Gasteiger partial charge in [0.25, 0.3) is 0 Å². The molecule has 4 heteroatoms. The highest BCUT2D eigenvalue weighted by molar-refractivity contribution is 7.12. The number of nitrogens with two attached hydrogens (primary N) is 1. The topological polar surface area (TPSA) is 38.9 Å². The molecule has 1 aromatic heterocycles. The highest BCUT2D eigenvalue weighted by Gasteiger charge is 2.18. The summed E-state index contributed by atoms with van der Waals surface area (Å²) in [6.07, 6.45) is 0.980. The van der Waals surface area contributed by atoms with Gasteiger partial charge in [0.2, 0.25) is 0 Å². The van der Waals surface area contributed by atoms with Crippen molar-refractivity contribution >= 4 is 22.9 Å². The Bertz CT molecular complexity index is 578. The fourth-order valence-corrected chi connectivity index (χ4v) is 3.42. The second-order valence-corrected chi connectivity index (χ2v) is 6.48. The summed E-state index contributed by atoms with van der Waals surface area (Å²) < 4.78 is 0. The molecule has 0 saturated carbocycles. The van der Waals surface area contributed by atoms with Gasteiger partial charge in [0.1, 0.15) is 0 Å². The number of hydrogen-bond acceptors (Lipinski definition) is 3. The van der Waals surface area contributed by atoms with Gasteiger partial charge in [-0.2, -0.15) is 0 Å². The molecular weight excluding hydrogens is 276 g/mol. The summed E-state index contributed by atoms with van der Waals surface area (Å²) in [6.45, 7) is 7.01. The Morgan fingerprint density at radius 1 is 1.37 bits per heavy atom. The first kappa shape index (κ1) is 14.5. The SMILES string of the molecule is Cc1nc(-c2cccc(Cl)c2C)c(C(C)CCN)s1. The lowest BCUT2D eigenvalue weighted by molar-refractivity contribution is 0.701. The van der Waals surface area contributed by atoms with Crippen LogP contribution in [0.15, 0.2) is 18.2 Å². The van der Waals surface area contributed by atoms with Crippen LogP contribution in [0, 0.1) is 13.8 Å². The van der Waals surface area contributed by atoms with Crippen molar-refractivity contribution in [3.63, 3.8) is 0 Å². The monoisotopic (exact) mass is 294 g/mol. The maximum absolute atomic E-state index is 6.22. The molecule has 1 aromatic carbocycles. The van der Waals surface area contributed by atoms with Gasteiger partial charge < -0.3 is 5.73 Å². The van der Waals surface area contributed by atoms with Crippen molar-refractivity contribution < 1.29 is 0 Å². The number of rotatable bonds is 4. The third-order valence-electron chi connectivity index (χ3n) is 3.33. The highest BCUT2D eigenvalue weighted by atomic mass is 35.5. The predicted molar refractivity (Wildman–Crippen MR) is 84.1 cm³/mol. The molecule has 19 heavy (non-hydrogen) atoms. The average molecular weight is 295 g/mol. The molecule has 0 saturated heterocycles. The molecule has 2 N–H and O–H groups in total. The normalized spacial score (nSPS) is 12.7. The van der Waals surface area contributed by atoms with E-state index < -0.39 is 0 Å². The van der Waals surface area contributed by atoms with Crippen molar-refractivity contribution in [3.05, 3.63) is 38.7 Å². The molecule has 0 bridgehead atoms. The zero-order valence-electron chi connectivity index (χ0n) is 11.5. The Labute approximate surface area is 123 Å². The number of nitrogens with zero attached hydrogens (tertiary/aromatic N) is 1. The van der Waals surface area contributed by atoms with Crippen LogP contribution < -0.4 is 5.73 Å². The van der Waals surface area contributed by atoms with Gasteiger partial charge in [-0.1, -0.05) is 30.7 Å². The Morgan fingerprint density at radius 3 is 2.79 bits per heavy atom. The van der Waals surface area contributed by atoms with Gasteiger partial charge in [-0.3, -0.25) is 0 Å². The zero-order chi connectivity index (χ0) is 14.0. The van der Waals surface area contributed by atoms with Gasteiger partial charge in [-0.15, -0.1) is 11.3 Å². The van der Waals surface area contributed by atoms with E-state index in [1.165, 1.54) is 4.88 Å². The molecule has 0 radical (unpaired) electrons. The summed E-state index contributed by atoms with van der Waals surface area (Å²) in [4.78, 5) is 6.02. The van der Waals surface area contributed by atoms with Crippen LogP contribution in [-0.2, 0) is 0 Å². The molecule has 2 aromatic rings. The summed E-state index contributed by atoms with van der Waals surface area (Å²) in [5.74, 6) is 0.435. The number of thiazole rings is 1. The fraction of sp³-hybridized carbons (Fsp3) is 0.400. The number of benzene rings is 1. The lowest BCUT2D eigenvalue weighted by atomic mass is 9.98. The Morgan fingerprint density at radius 2 is 2.11 bits per heavy atom. The maximum atomic E-state index is 6.22. The van der Waals surface area contributed by atoms with Gasteiger partial charge in [0, 0.05) is 15.5 Å². The minimum absolute atomic E-state index is 0.435. The van der Waals surface area contributed by atoms with Crippen LogP contribution in [-0.4, -0.2) is 11.5 Å². The maximum Gasteiger partial charge on any atom is 0.0904 e. The molecule has 0 amide bonds. The van der Waals surface area contributed by atoms with Gasteiger partial charge in [0.15, 0.2) is 0 Å². The lowest BCUT2D eigenvalue weighted by Gasteiger charge is -2.12. The third-order valence-corrected chi connectivity index (χ3v) is 4.94. The predicted octanol–water partition coefficient (Wildman–Crippen LogP) is 4.53. The fourth-order valence-electron chi connectivity index (χ4n) is 2.21. The molecular formula is C15H19ClN2S. The first-order chi connectivity index (χ1) is 9.04. The van der Waals surface area contributed by atoms with Gasteiger partial charge in [-0.25, -0.2) is 4.98 Å². The minimum atomic E-state index is 0.435. The molecule has 0 aliphatic carbocycles. The lowest BCUT2D eigenvalue weighted by Crippen LogP contribution is -2.04. The molecule has 1 atom stereocenters. The van der Waals surface area contributed by atoms with E-state index in [9.17, 15) is 0 Å². The molecule has 0 fully saturated rings. The second kappa shape index (κ2) is 6.04. The molecule has 0 spiro atoms. The standard InChI is InChI=1S/C15H19ClN2S/c1-9(7-8-17)15-14(18-11(3)19-15)12-5-4-6-13(16)10(12)2/h4-6,9H,7-8,17H2,1-3H3. The van der Waals surface area contributed by atoms with E-state index in [0.717, 1.165) is 33.3 Å². The van der Waals surface area contributed by atoms with Crippen molar-refractivity contribution in [1.29, 1.82) is 0 Å². The Hall–Kier alpha value is -0.900. The van der Waals surface area contributed by atoms with Crippen LogP contribution in [0.5, 0.6) is 0 Å². The van der Waals surface area contributed by atoms with Gasteiger partial charge >= 0.3 is 0 Å². The van der Waals surface area contributed by atoms with E-state index >= 15 is 0 Å². The van der Waals surface area contributed by atoms with E-state index in [-0.39, 0.29) is 0 Å². The molecule has 1 heterocycles. The largest absolute Gasteiger partial charge is 0.330 e. The minimum Gasteiger partial charge on any atom is -0.330 e. The van der Waals surface area contributed by atoms with Crippen LogP contribution in [0.25, 0.3) is 11.3 Å². The van der Waals surface area contributed by atoms with Crippen molar-refractivity contribution in [2.45, 2.75) is 33.1 Å². The Kier molecular flexibility index (Phi) is 4.61. The van der Waals surface area contributed by atoms with Crippen molar-refractivity contribution in [2.24, 2.45) is 5.73 Å².